The molecular formula is C113H161N9O21. The lowest BCUT2D eigenvalue weighted by Gasteiger charge is -2.35. The van der Waals surface area contributed by atoms with Crippen molar-refractivity contribution in [2.24, 2.45) is 71.0 Å². The number of allylic oxidation sites excluding steroid dienone is 1. The van der Waals surface area contributed by atoms with Crippen LogP contribution < -0.4 is 28.4 Å². The molecule has 30 nitrogen and oxygen atoms in total. The third-order valence-corrected chi connectivity index (χ3v) is 31.5. The van der Waals surface area contributed by atoms with Gasteiger partial charge in [-0.1, -0.05) is 133 Å². The normalized spacial score (nSPS) is 29.0. The smallest absolute Gasteiger partial charge is 0.329 e. The SMILES string of the molecule is C.C.C.CC[C@@H]1[C@@H]2CN(C(=O)[C@H](C3CCCCC3)CC(=O)O[C@@H]3C[C@H]3CCC/C=C/c3nc4ccc(OC)cc4nc3O2)[C@@H]1C(=O)OC(C)(C)C.CC[C@@H]1[C@@H]2CN(C(=O)[C@H](C3CCCCC3)CC(=O)O[C@@H]3C[C@H]3CCCCCc3nc4ccc(OC)cc4nc3O2)[C@@H]1C(=O)O.CC[C@@H]1[C@@H]2CN(C(=O)[C@H](C3CCCCC3)CC(=O)O[C@@H]3C[C@H]3CCCCCc3nc4ccc(OC)cc4nc3O2)[C@@H]1C(=O)OC(C)(C)C. The molecule has 18 rings (SSSR count). The number of rotatable bonds is 12. The second-order valence-electron chi connectivity index (χ2n) is 43.6. The van der Waals surface area contributed by atoms with Crippen LogP contribution in [-0.4, -0.2) is 210 Å². The van der Waals surface area contributed by atoms with Crippen molar-refractivity contribution in [3.63, 3.8) is 0 Å². The fourth-order valence-corrected chi connectivity index (χ4v) is 23.7. The van der Waals surface area contributed by atoms with E-state index in [0.717, 1.165) is 209 Å². The molecular weight excluding hydrogens is 1820 g/mol. The van der Waals surface area contributed by atoms with Gasteiger partial charge in [0.2, 0.25) is 35.4 Å². The van der Waals surface area contributed by atoms with Gasteiger partial charge in [-0.15, -0.1) is 0 Å². The van der Waals surface area contributed by atoms with E-state index in [1.165, 1.54) is 4.90 Å². The van der Waals surface area contributed by atoms with Crippen LogP contribution in [-0.2, 0) is 79.7 Å². The third kappa shape index (κ3) is 27.2. The summed E-state index contributed by atoms with van der Waals surface area (Å²) in [5, 5.41) is 10.4. The second kappa shape index (κ2) is 49.1. The number of aryl methyl sites for hydroxylation is 2. The Morgan fingerprint density at radius 2 is 0.678 bits per heavy atom. The molecule has 9 heterocycles. The summed E-state index contributed by atoms with van der Waals surface area (Å²) in [7, 11) is 4.83. The Morgan fingerprint density at radius 1 is 0.371 bits per heavy atom. The molecule has 3 aromatic carbocycles. The second-order valence-corrected chi connectivity index (χ2v) is 43.6. The summed E-state index contributed by atoms with van der Waals surface area (Å²) in [4.78, 5) is 159. The number of hydrogen-bond donors (Lipinski definition) is 1. The average molecular weight is 1980 g/mol. The van der Waals surface area contributed by atoms with E-state index in [4.69, 9.17) is 82.0 Å². The molecule has 6 aliphatic carbocycles. The van der Waals surface area contributed by atoms with E-state index in [2.05, 4.69) is 6.08 Å². The first kappa shape index (κ1) is 110. The number of carbonyl (C=O) groups excluding carboxylic acids is 8. The standard InChI is InChI=1S/C38H53N3O7.C38H51N3O7.C34H45N3O7.3CH4/c2*1-6-26-32-22-41(34(26)37(44)48-38(2,3)4)36(43)27(23-13-9-7-10-14-23)21-33(42)46-31-19-24(31)15-11-8-12-16-29-35(47-32)40-30-20-25(45-5)17-18-28(30)39-29;1-3-23-29-19-37(31(23)34(40)41)33(39)24(20-10-6-4-7-11-20)18-30(38)43-28-16-21(28)12-8-5-9-13-26-32(44-29)36-27-17-22(42-2)14-15-25(27)35-26;;;/h17-18,20,23-24,26-27,31-32,34H,6-16,19,21-22H2,1-5H3;12,16-18,20,23-24,26-27,31-32,34H,6-11,13-15,19,21-22H2,1-5H3;14-15,17,20-21,23-24,28-29,31H,3-13,16,18-19H2,1-2H3,(H,40,41);3*1H4/b;16-12+;;;;/t2*24-,26-,27+,31-,32+,34+;21-,23-,24+,28-,29+,31+;;;/m111.../s1. The quantitative estimate of drug-likeness (QED) is 0.0878. The monoisotopic (exact) mass is 1980 g/mol. The van der Waals surface area contributed by atoms with Gasteiger partial charge in [0, 0.05) is 36.0 Å². The minimum absolute atomic E-state index is 0. The minimum atomic E-state index is -1.05. The predicted octanol–water partition coefficient (Wildman–Crippen LogP) is 20.5. The maximum Gasteiger partial charge on any atom is 0.329 e. The first-order valence-corrected chi connectivity index (χ1v) is 52.8. The fraction of sp³-hybridized carbons (Fsp3) is 0.690. The van der Waals surface area contributed by atoms with Gasteiger partial charge in [-0.2, -0.15) is 0 Å². The molecule has 30 heteroatoms. The molecule has 6 bridgehead atoms. The number of aliphatic carboxylic acids is 1. The van der Waals surface area contributed by atoms with Gasteiger partial charge < -0.3 is 71.9 Å². The molecule has 1 N–H and O–H groups in total. The van der Waals surface area contributed by atoms with Gasteiger partial charge in [0.25, 0.3) is 0 Å². The van der Waals surface area contributed by atoms with E-state index < -0.39 is 89.2 Å². The Labute approximate surface area is 845 Å². The number of aromatic nitrogens is 6. The molecule has 6 aliphatic heterocycles. The molecule has 3 aromatic heterocycles. The summed E-state index contributed by atoms with van der Waals surface area (Å²) < 4.78 is 66.1. The Morgan fingerprint density at radius 3 is 1.01 bits per heavy atom. The first-order valence-electron chi connectivity index (χ1n) is 52.8. The van der Waals surface area contributed by atoms with E-state index in [0.29, 0.717) is 113 Å². The van der Waals surface area contributed by atoms with Crippen LogP contribution in [0.3, 0.4) is 0 Å². The summed E-state index contributed by atoms with van der Waals surface area (Å²) in [5.41, 5.74) is 4.78. The fourth-order valence-electron chi connectivity index (χ4n) is 23.7. The zero-order valence-corrected chi connectivity index (χ0v) is 84.4. The van der Waals surface area contributed by atoms with Crippen molar-refractivity contribution in [3.05, 3.63) is 77.8 Å². The van der Waals surface area contributed by atoms with Gasteiger partial charge in [-0.25, -0.2) is 44.3 Å². The summed E-state index contributed by atoms with van der Waals surface area (Å²) in [6.45, 7) is 17.4. The maximum atomic E-state index is 14.8. The molecule has 12 aliphatic rings. The number of fused-ring (bicyclic) bond motifs is 15. The molecule has 0 unspecified atom stereocenters. The van der Waals surface area contributed by atoms with Crippen LogP contribution in [0.1, 0.15) is 326 Å². The molecule has 18 atom stereocenters. The molecule has 0 spiro atoms. The predicted molar refractivity (Wildman–Crippen MR) is 544 cm³/mol. The number of carbonyl (C=O) groups is 9. The minimum Gasteiger partial charge on any atom is -0.497 e. The summed E-state index contributed by atoms with van der Waals surface area (Å²) >= 11 is 0. The summed E-state index contributed by atoms with van der Waals surface area (Å²) in [5.74, 6) is -1.99. The Hall–Kier alpha value is -10.6. The lowest BCUT2D eigenvalue weighted by atomic mass is 9.77. The number of nitrogens with zero attached hydrogens (tertiary/aromatic N) is 9. The lowest BCUT2D eigenvalue weighted by molar-refractivity contribution is -0.167. The van der Waals surface area contributed by atoms with Crippen molar-refractivity contribution >= 4 is 92.7 Å². The molecule has 3 amide bonds. The summed E-state index contributed by atoms with van der Waals surface area (Å²) in [6, 6.07) is 14.0. The van der Waals surface area contributed by atoms with Crippen molar-refractivity contribution in [2.45, 2.75) is 388 Å². The van der Waals surface area contributed by atoms with Gasteiger partial charge in [0.1, 0.15) is 100 Å². The van der Waals surface area contributed by atoms with Crippen LogP contribution >= 0.6 is 0 Å². The van der Waals surface area contributed by atoms with Gasteiger partial charge in [0.05, 0.1) is 111 Å². The highest BCUT2D eigenvalue weighted by Gasteiger charge is 2.57. The number of carboxylic acid groups (broad SMARTS) is 1. The molecule has 9 fully saturated rings. The molecule has 784 valence electrons. The van der Waals surface area contributed by atoms with Crippen LogP contribution in [0.2, 0.25) is 0 Å². The van der Waals surface area contributed by atoms with Crippen LogP contribution in [0.15, 0.2) is 60.7 Å². The van der Waals surface area contributed by atoms with Crippen LogP contribution in [0.4, 0.5) is 0 Å². The topological polar surface area (TPSA) is 362 Å². The van der Waals surface area contributed by atoms with Crippen LogP contribution in [0.25, 0.3) is 39.2 Å². The number of amides is 3. The molecule has 143 heavy (non-hydrogen) atoms. The van der Waals surface area contributed by atoms with E-state index in [-0.39, 0.29) is 145 Å². The average Bonchev–Trinajstić information content (AvgIpc) is 1.62. The van der Waals surface area contributed by atoms with Gasteiger partial charge in [0.15, 0.2) is 0 Å². The van der Waals surface area contributed by atoms with E-state index in [9.17, 15) is 48.3 Å². The van der Waals surface area contributed by atoms with E-state index in [1.807, 2.05) is 123 Å². The number of benzene rings is 3. The molecule has 6 aromatic rings. The maximum absolute atomic E-state index is 14.8. The Bertz CT molecular complexity index is 5430. The molecule has 3 saturated heterocycles. The van der Waals surface area contributed by atoms with E-state index in [1.54, 1.807) is 31.1 Å². The number of carboxylic acids is 1. The highest BCUT2D eigenvalue weighted by molar-refractivity contribution is 5.92. The summed E-state index contributed by atoms with van der Waals surface area (Å²) in [6.07, 6.45) is 33.3. The van der Waals surface area contributed by atoms with Crippen LogP contribution in [0.5, 0.6) is 34.9 Å². The van der Waals surface area contributed by atoms with Crippen molar-refractivity contribution in [1.29, 1.82) is 0 Å². The Kier molecular flexibility index (Phi) is 37.7. The number of hydrogen-bond acceptors (Lipinski definition) is 26. The van der Waals surface area contributed by atoms with Crippen molar-refractivity contribution < 1.29 is 100 Å². The number of esters is 5. The zero-order chi connectivity index (χ0) is 98.8. The van der Waals surface area contributed by atoms with Crippen molar-refractivity contribution in [3.8, 4) is 34.9 Å². The van der Waals surface area contributed by atoms with Crippen molar-refractivity contribution in [2.75, 3.05) is 41.0 Å². The van der Waals surface area contributed by atoms with E-state index >= 15 is 0 Å². The highest BCUT2D eigenvalue weighted by Crippen LogP contribution is 2.48. The first-order chi connectivity index (χ1) is 67.4. The van der Waals surface area contributed by atoms with Gasteiger partial charge >= 0.3 is 35.8 Å². The number of ether oxygens (including phenoxy) is 11. The van der Waals surface area contributed by atoms with Crippen molar-refractivity contribution in [1.82, 2.24) is 44.6 Å². The van der Waals surface area contributed by atoms with Gasteiger partial charge in [-0.05, 0) is 254 Å². The Balaban J connectivity index is 0.000000178. The largest absolute Gasteiger partial charge is 0.497 e. The number of methoxy groups -OCH3 is 3. The van der Waals surface area contributed by atoms with Crippen LogP contribution in [0, 0.1) is 71.0 Å². The third-order valence-electron chi connectivity index (χ3n) is 31.5. The van der Waals surface area contributed by atoms with Gasteiger partial charge in [-0.3, -0.25) is 28.8 Å². The zero-order valence-electron chi connectivity index (χ0n) is 84.4. The molecule has 6 saturated carbocycles. The lowest BCUT2D eigenvalue weighted by Crippen LogP contribution is -2.49. The highest BCUT2D eigenvalue weighted by atomic mass is 16.6. The molecule has 0 radical (unpaired) electrons.